The van der Waals surface area contributed by atoms with E-state index in [2.05, 4.69) is 264 Å². The zero-order valence-corrected chi connectivity index (χ0v) is 40.9. The van der Waals surface area contributed by atoms with Crippen molar-refractivity contribution in [1.82, 2.24) is 0 Å². The first-order valence-corrected chi connectivity index (χ1v) is 26.5. The van der Waals surface area contributed by atoms with Gasteiger partial charge < -0.3 is 9.80 Å². The summed E-state index contributed by atoms with van der Waals surface area (Å²) in [6.45, 7) is 14.0. The Morgan fingerprint density at radius 2 is 0.985 bits per heavy atom. The molecule has 0 atom stereocenters. The standard InChI is InChI=1S/C62H53BN2SSi/c1-61(2,3)42-31-34-46(35-32-42)65-54-41-59-51(50-29-19-20-30-58(50)67(59,48-25-15-9-16-26-48)49-27-17-10-18-28-49)40-52(54)63-53-37-43(62(4,5)6)33-36-56(53)66-57-39-47(38-55(65)60(57)63)64(44-21-11-7-12-22-44)45-23-13-8-14-24-45/h7-41H,1-6H3. The number of benzene rings is 9. The number of hydrogen-bond donors (Lipinski definition) is 0. The van der Waals surface area contributed by atoms with Crippen LogP contribution in [0.25, 0.3) is 11.1 Å². The highest BCUT2D eigenvalue weighted by Gasteiger charge is 2.51. The summed E-state index contributed by atoms with van der Waals surface area (Å²) < 4.78 is 0. The SMILES string of the molecule is CC(C)(C)c1ccc(N2c3cc4c(cc3B3c5cc(C(C)(C)C)ccc5Sc5cc(N(c6ccccc6)c6ccccc6)cc2c53)-c2ccccc2[Si]4(c2ccccc2)c2ccccc2)cc1. The van der Waals surface area contributed by atoms with Crippen LogP contribution in [0.1, 0.15) is 52.7 Å². The fraction of sp³-hybridized carbons (Fsp3) is 0.129. The second kappa shape index (κ2) is 15.7. The van der Waals surface area contributed by atoms with Crippen LogP contribution in [-0.2, 0) is 10.8 Å². The maximum atomic E-state index is 2.66. The first kappa shape index (κ1) is 41.6. The molecule has 3 heterocycles. The van der Waals surface area contributed by atoms with E-state index in [9.17, 15) is 0 Å². The lowest BCUT2D eigenvalue weighted by atomic mass is 9.34. The van der Waals surface area contributed by atoms with Gasteiger partial charge in [-0.15, -0.1) is 0 Å². The third-order valence-electron chi connectivity index (χ3n) is 14.5. The second-order valence-electron chi connectivity index (χ2n) is 20.5. The van der Waals surface area contributed by atoms with Gasteiger partial charge in [0.2, 0.25) is 6.71 Å². The zero-order chi connectivity index (χ0) is 45.7. The van der Waals surface area contributed by atoms with Gasteiger partial charge in [-0.2, -0.15) is 0 Å². The van der Waals surface area contributed by atoms with E-state index >= 15 is 0 Å². The number of nitrogens with zero attached hydrogens (tertiary/aromatic N) is 2. The van der Waals surface area contributed by atoms with Gasteiger partial charge in [0.15, 0.2) is 8.07 Å². The van der Waals surface area contributed by atoms with Crippen LogP contribution >= 0.6 is 11.8 Å². The Morgan fingerprint density at radius 1 is 0.433 bits per heavy atom. The summed E-state index contributed by atoms with van der Waals surface area (Å²) in [5.74, 6) is 0. The molecule has 0 fully saturated rings. The molecule has 67 heavy (non-hydrogen) atoms. The quantitative estimate of drug-likeness (QED) is 0.154. The van der Waals surface area contributed by atoms with Gasteiger partial charge in [-0.1, -0.05) is 210 Å². The Morgan fingerprint density at radius 3 is 1.58 bits per heavy atom. The minimum atomic E-state index is -2.83. The second-order valence-corrected chi connectivity index (χ2v) is 25.4. The topological polar surface area (TPSA) is 6.48 Å². The molecule has 2 nitrogen and oxygen atoms in total. The highest BCUT2D eigenvalue weighted by Crippen LogP contribution is 2.47. The molecule has 0 amide bonds. The summed E-state index contributed by atoms with van der Waals surface area (Å²) in [6.07, 6.45) is 0. The molecule has 5 heteroatoms. The normalized spacial score (nSPS) is 14.1. The lowest BCUT2D eigenvalue weighted by Gasteiger charge is -2.42. The van der Waals surface area contributed by atoms with E-state index in [0.29, 0.717) is 0 Å². The molecule has 0 bridgehead atoms. The monoisotopic (exact) mass is 896 g/mol. The Bertz CT molecular complexity index is 3260. The van der Waals surface area contributed by atoms with Crippen LogP contribution in [0.2, 0.25) is 0 Å². The highest BCUT2D eigenvalue weighted by molar-refractivity contribution is 8.00. The van der Waals surface area contributed by atoms with Crippen LogP contribution in [0, 0.1) is 0 Å². The van der Waals surface area contributed by atoms with E-state index < -0.39 is 8.07 Å². The van der Waals surface area contributed by atoms with Gasteiger partial charge >= 0.3 is 0 Å². The molecular weight excluding hydrogens is 844 g/mol. The van der Waals surface area contributed by atoms with Crippen molar-refractivity contribution < 1.29 is 0 Å². The molecule has 9 aromatic carbocycles. The summed E-state index contributed by atoms with van der Waals surface area (Å²) in [5.41, 5.74) is 16.6. The first-order chi connectivity index (χ1) is 32.5. The van der Waals surface area contributed by atoms with E-state index in [1.807, 2.05) is 11.8 Å². The molecule has 0 N–H and O–H groups in total. The van der Waals surface area contributed by atoms with Gasteiger partial charge in [0.25, 0.3) is 0 Å². The number of rotatable bonds is 6. The van der Waals surface area contributed by atoms with Crippen LogP contribution in [0.5, 0.6) is 0 Å². The van der Waals surface area contributed by atoms with Crippen molar-refractivity contribution in [2.45, 2.75) is 62.2 Å². The van der Waals surface area contributed by atoms with Crippen molar-refractivity contribution >= 4 is 97.8 Å². The summed E-state index contributed by atoms with van der Waals surface area (Å²) in [6, 6.07) is 81.0. The van der Waals surface area contributed by atoms with Crippen LogP contribution in [0.3, 0.4) is 0 Å². The third-order valence-corrected chi connectivity index (χ3v) is 20.5. The van der Waals surface area contributed by atoms with Gasteiger partial charge in [0.1, 0.15) is 0 Å². The van der Waals surface area contributed by atoms with Gasteiger partial charge in [0, 0.05) is 43.9 Å². The maximum absolute atomic E-state index is 2.83. The third kappa shape index (κ3) is 6.61. The summed E-state index contributed by atoms with van der Waals surface area (Å²) in [4.78, 5) is 7.69. The lowest BCUT2D eigenvalue weighted by Crippen LogP contribution is -2.73. The number of fused-ring (bicyclic) bond motifs is 7. The lowest BCUT2D eigenvalue weighted by molar-refractivity contribution is 0.590. The summed E-state index contributed by atoms with van der Waals surface area (Å²) in [5, 5.41) is 5.72. The van der Waals surface area contributed by atoms with Crippen molar-refractivity contribution in [3.63, 3.8) is 0 Å². The molecule has 0 saturated heterocycles. The van der Waals surface area contributed by atoms with Crippen molar-refractivity contribution in [2.75, 3.05) is 9.80 Å². The zero-order valence-electron chi connectivity index (χ0n) is 39.1. The molecule has 12 rings (SSSR count). The molecule has 0 aliphatic carbocycles. The molecule has 9 aromatic rings. The smallest absolute Gasteiger partial charge is 0.249 e. The van der Waals surface area contributed by atoms with Crippen molar-refractivity contribution in [1.29, 1.82) is 0 Å². The maximum Gasteiger partial charge on any atom is 0.249 e. The van der Waals surface area contributed by atoms with Crippen LogP contribution in [-0.4, -0.2) is 14.8 Å². The molecule has 0 unspecified atom stereocenters. The van der Waals surface area contributed by atoms with Crippen LogP contribution in [0.4, 0.5) is 34.1 Å². The van der Waals surface area contributed by atoms with Crippen molar-refractivity contribution in [2.24, 2.45) is 0 Å². The number of hydrogen-bond acceptors (Lipinski definition) is 3. The van der Waals surface area contributed by atoms with Crippen LogP contribution in [0.15, 0.2) is 222 Å². The van der Waals surface area contributed by atoms with Gasteiger partial charge in [-0.25, -0.2) is 0 Å². The van der Waals surface area contributed by atoms with Gasteiger partial charge in [-0.3, -0.25) is 0 Å². The molecule has 324 valence electrons. The molecule has 0 spiro atoms. The molecular formula is C62H53BN2SSi. The van der Waals surface area contributed by atoms with Crippen molar-refractivity contribution in [3.8, 4) is 11.1 Å². The van der Waals surface area contributed by atoms with Gasteiger partial charge in [0.05, 0.1) is 0 Å². The van der Waals surface area contributed by atoms with E-state index in [1.54, 1.807) is 0 Å². The van der Waals surface area contributed by atoms with E-state index in [4.69, 9.17) is 0 Å². The average Bonchev–Trinajstić information content (AvgIpc) is 3.64. The number of para-hydroxylation sites is 2. The molecule has 0 aromatic heterocycles. The van der Waals surface area contributed by atoms with Crippen LogP contribution < -0.4 is 46.9 Å². The Labute approximate surface area is 402 Å². The average molecular weight is 897 g/mol. The summed E-state index contributed by atoms with van der Waals surface area (Å²) in [7, 11) is -2.83. The van der Waals surface area contributed by atoms with E-state index in [0.717, 1.165) is 17.1 Å². The minimum absolute atomic E-state index is 0.00962. The first-order valence-electron chi connectivity index (χ1n) is 23.7. The minimum Gasteiger partial charge on any atom is -0.311 e. The fourth-order valence-electron chi connectivity index (χ4n) is 11.3. The summed E-state index contributed by atoms with van der Waals surface area (Å²) >= 11 is 1.93. The highest BCUT2D eigenvalue weighted by atomic mass is 32.2. The molecule has 3 aliphatic rings. The largest absolute Gasteiger partial charge is 0.311 e. The molecule has 0 saturated carbocycles. The Hall–Kier alpha value is -6.79. The van der Waals surface area contributed by atoms with Gasteiger partial charge in [-0.05, 0) is 125 Å². The fourth-order valence-corrected chi connectivity index (χ4v) is 17.6. The van der Waals surface area contributed by atoms with Crippen molar-refractivity contribution in [3.05, 3.63) is 223 Å². The number of anilines is 6. The molecule has 0 radical (unpaired) electrons. The van der Waals surface area contributed by atoms with E-state index in [1.165, 1.54) is 86.2 Å². The predicted molar refractivity (Wildman–Crippen MR) is 291 cm³/mol. The Kier molecular flexibility index (Phi) is 9.73. The van der Waals surface area contributed by atoms with E-state index in [-0.39, 0.29) is 17.5 Å². The Balaban J connectivity index is 1.21. The predicted octanol–water partition coefficient (Wildman–Crippen LogP) is 11.9. The molecule has 3 aliphatic heterocycles.